The molecule has 0 bridgehead atoms. The Bertz CT molecular complexity index is 886. The van der Waals surface area contributed by atoms with Gasteiger partial charge in [0.05, 0.1) is 25.3 Å². The van der Waals surface area contributed by atoms with Crippen LogP contribution in [0.2, 0.25) is 0 Å². The average Bonchev–Trinajstić information content (AvgIpc) is 3.03. The standard InChI is InChI=1S/C34H54N4O6/c39-23-35-29-11-3-25(4-12-29)21-27-7-15-31(16-8-27)37-33(41)43-19-1-2-20-44-34(42)38-32-17-9-28(10-18-32)22-26-5-13-30(14-6-26)36-24-40/h25-32H,1-22H2,(H,37,41)(H,38,42). The SMILES string of the molecule is O=C=NC1CCC(CC2CCC(NC(=O)OCCCCOC(=O)NC3CCC(CC4CCC(N=C=O)CC4)CC3)CC2)CC1. The van der Waals surface area contributed by atoms with Crippen molar-refractivity contribution >= 4 is 24.3 Å². The fourth-order valence-corrected chi connectivity index (χ4v) is 8.15. The minimum Gasteiger partial charge on any atom is -0.450 e. The van der Waals surface area contributed by atoms with Gasteiger partial charge in [0.2, 0.25) is 12.2 Å². The van der Waals surface area contributed by atoms with Crippen LogP contribution in [0.3, 0.4) is 0 Å². The van der Waals surface area contributed by atoms with E-state index in [1.165, 1.54) is 12.8 Å². The second kappa shape index (κ2) is 19.0. The molecule has 0 heterocycles. The zero-order valence-corrected chi connectivity index (χ0v) is 26.5. The maximum atomic E-state index is 12.2. The van der Waals surface area contributed by atoms with Gasteiger partial charge < -0.3 is 20.1 Å². The van der Waals surface area contributed by atoms with Gasteiger partial charge in [0.15, 0.2) is 0 Å². The van der Waals surface area contributed by atoms with E-state index in [1.54, 1.807) is 12.2 Å². The Labute approximate surface area is 263 Å². The van der Waals surface area contributed by atoms with Gasteiger partial charge in [-0.1, -0.05) is 0 Å². The van der Waals surface area contributed by atoms with Gasteiger partial charge in [-0.15, -0.1) is 0 Å². The Morgan fingerprint density at radius 3 is 1.16 bits per heavy atom. The molecule has 0 unspecified atom stereocenters. The van der Waals surface area contributed by atoms with Crippen LogP contribution in [-0.4, -0.2) is 61.7 Å². The molecule has 0 aromatic heterocycles. The first kappa shape index (κ1) is 34.2. The van der Waals surface area contributed by atoms with E-state index in [-0.39, 0.29) is 36.4 Å². The summed E-state index contributed by atoms with van der Waals surface area (Å²) in [6.07, 6.45) is 23.7. The molecular weight excluding hydrogens is 560 g/mol. The highest BCUT2D eigenvalue weighted by molar-refractivity contribution is 5.68. The zero-order chi connectivity index (χ0) is 31.0. The molecule has 10 nitrogen and oxygen atoms in total. The third-order valence-corrected chi connectivity index (χ3v) is 10.8. The van der Waals surface area contributed by atoms with Crippen molar-refractivity contribution in [2.75, 3.05) is 13.2 Å². The molecule has 2 amide bonds. The lowest BCUT2D eigenvalue weighted by molar-refractivity contribution is 0.119. The van der Waals surface area contributed by atoms with E-state index < -0.39 is 0 Å². The van der Waals surface area contributed by atoms with Crippen LogP contribution in [0.4, 0.5) is 9.59 Å². The Balaban J connectivity index is 0.950. The van der Waals surface area contributed by atoms with Gasteiger partial charge >= 0.3 is 12.2 Å². The number of carbonyl (C=O) groups excluding carboxylic acids is 4. The quantitative estimate of drug-likeness (QED) is 0.132. The van der Waals surface area contributed by atoms with Crippen molar-refractivity contribution in [3.8, 4) is 0 Å². The first-order valence-electron chi connectivity index (χ1n) is 17.5. The highest BCUT2D eigenvalue weighted by Gasteiger charge is 2.29. The number of hydrogen-bond donors (Lipinski definition) is 2. The second-order valence-corrected chi connectivity index (χ2v) is 14.0. The van der Waals surface area contributed by atoms with Crippen LogP contribution in [0.5, 0.6) is 0 Å². The van der Waals surface area contributed by atoms with E-state index >= 15 is 0 Å². The van der Waals surface area contributed by atoms with E-state index in [0.717, 1.165) is 126 Å². The first-order chi connectivity index (χ1) is 21.5. The molecular formula is C34H54N4O6. The van der Waals surface area contributed by atoms with Crippen molar-refractivity contribution in [1.29, 1.82) is 0 Å². The Morgan fingerprint density at radius 2 is 0.841 bits per heavy atom. The van der Waals surface area contributed by atoms with Crippen LogP contribution in [0.25, 0.3) is 0 Å². The summed E-state index contributed by atoms with van der Waals surface area (Å²) in [5.41, 5.74) is 0. The lowest BCUT2D eigenvalue weighted by Crippen LogP contribution is -2.38. The maximum absolute atomic E-state index is 12.2. The molecule has 0 aromatic carbocycles. The third kappa shape index (κ3) is 12.4. The summed E-state index contributed by atoms with van der Waals surface area (Å²) in [5, 5.41) is 6.06. The smallest absolute Gasteiger partial charge is 0.407 e. The van der Waals surface area contributed by atoms with Gasteiger partial charge in [-0.05, 0) is 152 Å². The molecule has 2 N–H and O–H groups in total. The summed E-state index contributed by atoms with van der Waals surface area (Å²) in [4.78, 5) is 53.2. The van der Waals surface area contributed by atoms with Gasteiger partial charge in [0, 0.05) is 12.1 Å². The number of unbranched alkanes of at least 4 members (excludes halogenated alkanes) is 1. The summed E-state index contributed by atoms with van der Waals surface area (Å²) in [6.45, 7) is 0.637. The molecule has 4 aliphatic rings. The number of alkyl carbamates (subject to hydrolysis) is 2. The van der Waals surface area contributed by atoms with E-state index in [0.29, 0.717) is 26.1 Å². The van der Waals surface area contributed by atoms with Gasteiger partial charge in [0.1, 0.15) is 0 Å². The fraction of sp³-hybridized carbons (Fsp3) is 0.882. The molecule has 246 valence electrons. The minimum absolute atomic E-state index is 0.182. The lowest BCUT2D eigenvalue weighted by atomic mass is 9.76. The Morgan fingerprint density at radius 1 is 0.523 bits per heavy atom. The van der Waals surface area contributed by atoms with Gasteiger partial charge in [0.25, 0.3) is 0 Å². The molecule has 0 aromatic rings. The molecule has 0 spiro atoms. The van der Waals surface area contributed by atoms with Crippen molar-refractivity contribution in [2.24, 2.45) is 33.7 Å². The van der Waals surface area contributed by atoms with E-state index in [1.807, 2.05) is 0 Å². The molecule has 4 fully saturated rings. The van der Waals surface area contributed by atoms with Gasteiger partial charge in [-0.3, -0.25) is 0 Å². The number of rotatable bonds is 13. The van der Waals surface area contributed by atoms with Crippen molar-refractivity contribution < 1.29 is 28.7 Å². The average molecular weight is 615 g/mol. The fourth-order valence-electron chi connectivity index (χ4n) is 8.15. The van der Waals surface area contributed by atoms with Crippen molar-refractivity contribution in [3.63, 3.8) is 0 Å². The zero-order valence-electron chi connectivity index (χ0n) is 26.5. The summed E-state index contributed by atoms with van der Waals surface area (Å²) >= 11 is 0. The molecule has 0 atom stereocenters. The van der Waals surface area contributed by atoms with Crippen LogP contribution in [-0.2, 0) is 19.1 Å². The molecule has 4 rings (SSSR count). The highest BCUT2D eigenvalue weighted by Crippen LogP contribution is 2.37. The molecule has 0 radical (unpaired) electrons. The van der Waals surface area contributed by atoms with Crippen LogP contribution >= 0.6 is 0 Å². The number of aliphatic imine (C=N–C) groups is 2. The maximum Gasteiger partial charge on any atom is 0.407 e. The second-order valence-electron chi connectivity index (χ2n) is 14.0. The highest BCUT2D eigenvalue weighted by atomic mass is 16.6. The van der Waals surface area contributed by atoms with Crippen LogP contribution < -0.4 is 10.6 Å². The molecule has 44 heavy (non-hydrogen) atoms. The van der Waals surface area contributed by atoms with Crippen molar-refractivity contribution in [2.45, 2.75) is 153 Å². The van der Waals surface area contributed by atoms with E-state index in [9.17, 15) is 19.2 Å². The minimum atomic E-state index is -0.350. The van der Waals surface area contributed by atoms with Crippen LogP contribution in [0.15, 0.2) is 9.98 Å². The number of nitrogens with zero attached hydrogens (tertiary/aromatic N) is 2. The summed E-state index contributed by atoms with van der Waals surface area (Å²) in [5.74, 6) is 2.92. The first-order valence-corrected chi connectivity index (χ1v) is 17.5. The largest absolute Gasteiger partial charge is 0.450 e. The number of hydrogen-bond acceptors (Lipinski definition) is 8. The van der Waals surface area contributed by atoms with Crippen molar-refractivity contribution in [1.82, 2.24) is 10.6 Å². The summed E-state index contributed by atoms with van der Waals surface area (Å²) in [6, 6.07) is 0.732. The van der Waals surface area contributed by atoms with Gasteiger partial charge in [-0.2, -0.15) is 0 Å². The number of amides is 2. The normalized spacial score (nSPS) is 32.3. The van der Waals surface area contributed by atoms with Crippen LogP contribution in [0, 0.1) is 23.7 Å². The van der Waals surface area contributed by atoms with Gasteiger partial charge in [-0.25, -0.2) is 29.2 Å². The number of nitrogens with one attached hydrogen (secondary N) is 2. The van der Waals surface area contributed by atoms with E-state index in [4.69, 9.17) is 9.47 Å². The number of ether oxygens (including phenoxy) is 2. The molecule has 10 heteroatoms. The summed E-state index contributed by atoms with van der Waals surface area (Å²) in [7, 11) is 0. The number of carbonyl (C=O) groups is 2. The Kier molecular flexibility index (Phi) is 14.7. The molecule has 4 aliphatic carbocycles. The molecule has 0 saturated heterocycles. The topological polar surface area (TPSA) is 136 Å². The predicted molar refractivity (Wildman–Crippen MR) is 167 cm³/mol. The van der Waals surface area contributed by atoms with E-state index in [2.05, 4.69) is 20.6 Å². The van der Waals surface area contributed by atoms with Crippen molar-refractivity contribution in [3.05, 3.63) is 0 Å². The third-order valence-electron chi connectivity index (χ3n) is 10.8. The Hall–Kier alpha value is -2.70. The summed E-state index contributed by atoms with van der Waals surface area (Å²) < 4.78 is 10.7. The molecule has 4 saturated carbocycles. The van der Waals surface area contributed by atoms with Crippen LogP contribution in [0.1, 0.15) is 128 Å². The number of isocyanates is 2. The lowest BCUT2D eigenvalue weighted by Gasteiger charge is -2.33. The molecule has 0 aliphatic heterocycles. The monoisotopic (exact) mass is 614 g/mol. The predicted octanol–water partition coefficient (Wildman–Crippen LogP) is 6.91.